The van der Waals surface area contributed by atoms with Crippen LogP contribution in [0.1, 0.15) is 22.8 Å². The maximum Gasteiger partial charge on any atom is 0.340 e. The molecule has 0 radical (unpaired) electrons. The number of hydrogen-bond donors (Lipinski definition) is 2. The second-order valence-electron chi connectivity index (χ2n) is 5.67. The van der Waals surface area contributed by atoms with Gasteiger partial charge < -0.3 is 15.4 Å². The minimum atomic E-state index is -0.372. The van der Waals surface area contributed by atoms with Gasteiger partial charge in [-0.2, -0.15) is 0 Å². The molecule has 0 saturated carbocycles. The van der Waals surface area contributed by atoms with Crippen molar-refractivity contribution in [2.24, 2.45) is 0 Å². The molecular weight excluding hydrogens is 328 g/mol. The molecular formula is C20H20N4O2. The Hall–Kier alpha value is -3.41. The van der Waals surface area contributed by atoms with Crippen LogP contribution in [-0.2, 0) is 4.74 Å². The summed E-state index contributed by atoms with van der Waals surface area (Å²) in [4.78, 5) is 20.6. The van der Waals surface area contributed by atoms with Crippen molar-refractivity contribution >= 4 is 29.0 Å². The largest absolute Gasteiger partial charge is 0.462 e. The first-order chi connectivity index (χ1) is 12.7. The summed E-state index contributed by atoms with van der Waals surface area (Å²) in [5.41, 5.74) is 3.19. The van der Waals surface area contributed by atoms with E-state index < -0.39 is 0 Å². The summed E-state index contributed by atoms with van der Waals surface area (Å²) in [5, 5.41) is 6.40. The van der Waals surface area contributed by atoms with Crippen LogP contribution in [0.2, 0.25) is 0 Å². The summed E-state index contributed by atoms with van der Waals surface area (Å²) in [6.07, 6.45) is 1.47. The molecule has 0 aliphatic carbocycles. The number of carbonyl (C=O) groups is 1. The van der Waals surface area contributed by atoms with Crippen LogP contribution >= 0.6 is 0 Å². The van der Waals surface area contributed by atoms with E-state index in [1.54, 1.807) is 25.1 Å². The van der Waals surface area contributed by atoms with Crippen molar-refractivity contribution in [2.75, 3.05) is 17.2 Å². The zero-order valence-electron chi connectivity index (χ0n) is 14.7. The van der Waals surface area contributed by atoms with Crippen LogP contribution in [0.5, 0.6) is 0 Å². The Morgan fingerprint density at radius 2 is 1.77 bits per heavy atom. The Morgan fingerprint density at radius 1 is 1.00 bits per heavy atom. The summed E-state index contributed by atoms with van der Waals surface area (Å²) in [7, 11) is 0. The van der Waals surface area contributed by atoms with Crippen molar-refractivity contribution in [3.8, 4) is 0 Å². The first kappa shape index (κ1) is 17.4. The van der Waals surface area contributed by atoms with E-state index in [2.05, 4.69) is 20.6 Å². The topological polar surface area (TPSA) is 76.1 Å². The van der Waals surface area contributed by atoms with E-state index >= 15 is 0 Å². The molecule has 6 heteroatoms. The SMILES string of the molecule is CCOC(=O)c1ccccc1Nc1cc(Nc2cccc(C)c2)ncn1. The average Bonchev–Trinajstić information content (AvgIpc) is 2.63. The lowest BCUT2D eigenvalue weighted by molar-refractivity contribution is 0.0527. The minimum Gasteiger partial charge on any atom is -0.462 e. The van der Waals surface area contributed by atoms with Crippen LogP contribution in [0, 0.1) is 6.92 Å². The van der Waals surface area contributed by atoms with Crippen LogP contribution < -0.4 is 10.6 Å². The summed E-state index contributed by atoms with van der Waals surface area (Å²) in [6.45, 7) is 4.14. The van der Waals surface area contributed by atoms with Crippen LogP contribution in [-0.4, -0.2) is 22.5 Å². The lowest BCUT2D eigenvalue weighted by atomic mass is 10.2. The van der Waals surface area contributed by atoms with E-state index in [0.29, 0.717) is 29.5 Å². The van der Waals surface area contributed by atoms with Gasteiger partial charge in [-0.25, -0.2) is 14.8 Å². The van der Waals surface area contributed by atoms with Gasteiger partial charge in [0.25, 0.3) is 0 Å². The first-order valence-corrected chi connectivity index (χ1v) is 8.34. The Bertz CT molecular complexity index is 912. The Morgan fingerprint density at radius 3 is 2.54 bits per heavy atom. The minimum absolute atomic E-state index is 0.325. The number of benzene rings is 2. The third-order valence-corrected chi connectivity index (χ3v) is 3.64. The number of aryl methyl sites for hydroxylation is 1. The zero-order valence-corrected chi connectivity index (χ0v) is 14.7. The summed E-state index contributed by atoms with van der Waals surface area (Å²) < 4.78 is 5.10. The molecule has 0 spiro atoms. The van der Waals surface area contributed by atoms with Crippen molar-refractivity contribution in [1.82, 2.24) is 9.97 Å². The van der Waals surface area contributed by atoms with E-state index in [4.69, 9.17) is 4.74 Å². The van der Waals surface area contributed by atoms with Gasteiger partial charge in [0.05, 0.1) is 17.9 Å². The second-order valence-corrected chi connectivity index (χ2v) is 5.67. The fourth-order valence-electron chi connectivity index (χ4n) is 2.48. The van der Waals surface area contributed by atoms with E-state index in [-0.39, 0.29) is 5.97 Å². The highest BCUT2D eigenvalue weighted by Crippen LogP contribution is 2.23. The number of aromatic nitrogens is 2. The Kier molecular flexibility index (Phi) is 5.43. The number of para-hydroxylation sites is 1. The standard InChI is InChI=1S/C20H20N4O2/c1-3-26-20(25)16-9-4-5-10-17(16)24-19-12-18(21-13-22-19)23-15-8-6-7-14(2)11-15/h4-13H,3H2,1-2H3,(H2,21,22,23,24). The molecule has 0 atom stereocenters. The number of carbonyl (C=O) groups excluding carboxylic acids is 1. The second kappa shape index (κ2) is 8.11. The van der Waals surface area contributed by atoms with Crippen LogP contribution in [0.15, 0.2) is 60.9 Å². The van der Waals surface area contributed by atoms with Gasteiger partial charge in [-0.05, 0) is 43.7 Å². The third kappa shape index (κ3) is 4.36. The molecule has 132 valence electrons. The van der Waals surface area contributed by atoms with Crippen LogP contribution in [0.3, 0.4) is 0 Å². The normalized spacial score (nSPS) is 10.2. The van der Waals surface area contributed by atoms with E-state index in [0.717, 1.165) is 11.3 Å². The highest BCUT2D eigenvalue weighted by atomic mass is 16.5. The number of anilines is 4. The number of nitrogens with zero attached hydrogens (tertiary/aromatic N) is 2. The van der Waals surface area contributed by atoms with Gasteiger partial charge in [-0.15, -0.1) is 0 Å². The highest BCUT2D eigenvalue weighted by molar-refractivity contribution is 5.96. The fraction of sp³-hybridized carbons (Fsp3) is 0.150. The molecule has 0 aliphatic heterocycles. The predicted octanol–water partition coefficient (Wildman–Crippen LogP) is 4.45. The molecule has 0 saturated heterocycles. The molecule has 6 nitrogen and oxygen atoms in total. The summed E-state index contributed by atoms with van der Waals surface area (Å²) in [6, 6.07) is 17.0. The molecule has 3 rings (SSSR count). The number of hydrogen-bond acceptors (Lipinski definition) is 6. The number of esters is 1. The van der Waals surface area contributed by atoms with Gasteiger partial charge in [-0.1, -0.05) is 24.3 Å². The zero-order chi connectivity index (χ0) is 18.4. The van der Waals surface area contributed by atoms with Crippen molar-refractivity contribution in [3.63, 3.8) is 0 Å². The highest BCUT2D eigenvalue weighted by Gasteiger charge is 2.12. The van der Waals surface area contributed by atoms with Gasteiger partial charge in [0, 0.05) is 11.8 Å². The van der Waals surface area contributed by atoms with Crippen molar-refractivity contribution < 1.29 is 9.53 Å². The smallest absolute Gasteiger partial charge is 0.340 e. The van der Waals surface area contributed by atoms with E-state index in [1.165, 1.54) is 6.33 Å². The molecule has 0 bridgehead atoms. The number of nitrogens with one attached hydrogen (secondary N) is 2. The van der Waals surface area contributed by atoms with Crippen LogP contribution in [0.25, 0.3) is 0 Å². The average molecular weight is 348 g/mol. The van der Waals surface area contributed by atoms with Gasteiger partial charge in [-0.3, -0.25) is 0 Å². The maximum atomic E-state index is 12.1. The predicted molar refractivity (Wildman–Crippen MR) is 102 cm³/mol. The quantitative estimate of drug-likeness (QED) is 0.641. The fourth-order valence-corrected chi connectivity index (χ4v) is 2.48. The number of ether oxygens (including phenoxy) is 1. The molecule has 3 aromatic rings. The molecule has 2 aromatic carbocycles. The lowest BCUT2D eigenvalue weighted by Crippen LogP contribution is -2.08. The third-order valence-electron chi connectivity index (χ3n) is 3.64. The molecule has 0 unspecified atom stereocenters. The monoisotopic (exact) mass is 348 g/mol. The Balaban J connectivity index is 1.80. The summed E-state index contributed by atoms with van der Waals surface area (Å²) in [5.74, 6) is 0.858. The molecule has 0 aliphatic rings. The summed E-state index contributed by atoms with van der Waals surface area (Å²) >= 11 is 0. The van der Waals surface area contributed by atoms with Crippen molar-refractivity contribution in [2.45, 2.75) is 13.8 Å². The molecule has 26 heavy (non-hydrogen) atoms. The van der Waals surface area contributed by atoms with Crippen molar-refractivity contribution in [1.29, 1.82) is 0 Å². The van der Waals surface area contributed by atoms with E-state index in [1.807, 2.05) is 43.3 Å². The lowest BCUT2D eigenvalue weighted by Gasteiger charge is -2.12. The molecule has 0 amide bonds. The van der Waals surface area contributed by atoms with Crippen LogP contribution in [0.4, 0.5) is 23.0 Å². The van der Waals surface area contributed by atoms with Gasteiger partial charge >= 0.3 is 5.97 Å². The molecule has 0 fully saturated rings. The Labute approximate surface area is 152 Å². The van der Waals surface area contributed by atoms with E-state index in [9.17, 15) is 4.79 Å². The first-order valence-electron chi connectivity index (χ1n) is 8.34. The number of rotatable bonds is 6. The molecule has 1 heterocycles. The van der Waals surface area contributed by atoms with Gasteiger partial charge in [0.2, 0.25) is 0 Å². The van der Waals surface area contributed by atoms with Crippen molar-refractivity contribution in [3.05, 3.63) is 72.1 Å². The maximum absolute atomic E-state index is 12.1. The van der Waals surface area contributed by atoms with Gasteiger partial charge in [0.1, 0.15) is 18.0 Å². The molecule has 2 N–H and O–H groups in total. The van der Waals surface area contributed by atoms with Gasteiger partial charge in [0.15, 0.2) is 0 Å². The molecule has 1 aromatic heterocycles.